The fourth-order valence-electron chi connectivity index (χ4n) is 6.40. The number of carbonyl (C=O) groups is 1. The average Bonchev–Trinajstić information content (AvgIpc) is 3.54. The number of piperidine rings is 1. The van der Waals surface area contributed by atoms with Gasteiger partial charge in [0, 0.05) is 68.3 Å². The van der Waals surface area contributed by atoms with E-state index >= 15 is 0 Å². The average molecular weight is 662 g/mol. The number of likely N-dealkylation sites (N-methyl/N-ethyl adjacent to an activating group) is 1. The van der Waals surface area contributed by atoms with E-state index in [2.05, 4.69) is 59.2 Å². The van der Waals surface area contributed by atoms with Gasteiger partial charge >= 0.3 is 0 Å². The van der Waals surface area contributed by atoms with E-state index in [0.717, 1.165) is 77.0 Å². The molecule has 256 valence electrons. The molecule has 3 aromatic heterocycles. The van der Waals surface area contributed by atoms with E-state index in [1.165, 1.54) is 0 Å². The number of benzene rings is 2. The molecule has 11 heteroatoms. The molecule has 3 N–H and O–H groups in total. The van der Waals surface area contributed by atoms with Crippen molar-refractivity contribution in [2.45, 2.75) is 45.3 Å². The van der Waals surface area contributed by atoms with Gasteiger partial charge in [0.05, 0.1) is 18.0 Å². The zero-order chi connectivity index (χ0) is 34.3. The molecule has 0 amide bonds. The first-order valence-electron chi connectivity index (χ1n) is 17.1. The molecule has 4 heterocycles. The molecule has 0 radical (unpaired) electrons. The molecule has 0 aliphatic carbocycles. The van der Waals surface area contributed by atoms with Gasteiger partial charge in [0.25, 0.3) is 0 Å². The zero-order valence-electron chi connectivity index (χ0n) is 29.1. The van der Waals surface area contributed by atoms with Gasteiger partial charge in [-0.15, -0.1) is 0 Å². The number of methoxy groups -OCH3 is 1. The third-order valence-electron chi connectivity index (χ3n) is 9.10. The lowest BCUT2D eigenvalue weighted by Crippen LogP contribution is -2.44. The first kappa shape index (κ1) is 34.2. The fraction of sp³-hybridized carbons (Fsp3) is 0.395. The Morgan fingerprint density at radius 2 is 2.00 bits per heavy atom. The molecule has 1 fully saturated rings. The van der Waals surface area contributed by atoms with Crippen LogP contribution in [0.5, 0.6) is 0 Å². The van der Waals surface area contributed by atoms with Crippen LogP contribution in [0.1, 0.15) is 42.9 Å². The summed E-state index contributed by atoms with van der Waals surface area (Å²) < 4.78 is 7.53. The van der Waals surface area contributed by atoms with Crippen molar-refractivity contribution in [1.82, 2.24) is 34.8 Å². The number of nitrogens with zero attached hydrogens (tertiary/aromatic N) is 6. The number of ether oxygens (including phenoxy) is 1. The van der Waals surface area contributed by atoms with E-state index < -0.39 is 0 Å². The number of hydrogen-bond acceptors (Lipinski definition) is 10. The predicted octanol–water partition coefficient (Wildman–Crippen LogP) is 5.34. The lowest BCUT2D eigenvalue weighted by atomic mass is 9.95. The van der Waals surface area contributed by atoms with Crippen molar-refractivity contribution in [3.63, 3.8) is 0 Å². The molecular formula is C38H47N9O2. The molecule has 1 aliphatic heterocycles. The molecule has 49 heavy (non-hydrogen) atoms. The highest BCUT2D eigenvalue weighted by atomic mass is 16.5. The molecule has 0 unspecified atom stereocenters. The summed E-state index contributed by atoms with van der Waals surface area (Å²) in [4.78, 5) is 29.2. The fourth-order valence-corrected chi connectivity index (χ4v) is 6.40. The van der Waals surface area contributed by atoms with Gasteiger partial charge in [-0.25, -0.2) is 0 Å². The monoisotopic (exact) mass is 661 g/mol. The minimum absolute atomic E-state index is 0.0900. The Morgan fingerprint density at radius 1 is 1.14 bits per heavy atom. The van der Waals surface area contributed by atoms with E-state index in [9.17, 15) is 4.79 Å². The van der Waals surface area contributed by atoms with Crippen LogP contribution in [-0.4, -0.2) is 88.7 Å². The highest BCUT2D eigenvalue weighted by molar-refractivity contribution is 5.97. The molecule has 0 bridgehead atoms. The Labute approximate surface area is 288 Å². The minimum Gasteiger partial charge on any atom is -0.380 e. The lowest BCUT2D eigenvalue weighted by molar-refractivity contribution is -0.114. The number of nitrogens with one attached hydrogen (secondary N) is 3. The number of carbonyl (C=O) groups excluding carboxylic acids is 1. The van der Waals surface area contributed by atoms with Crippen molar-refractivity contribution in [3.05, 3.63) is 89.8 Å². The van der Waals surface area contributed by atoms with Crippen molar-refractivity contribution in [1.29, 1.82) is 0 Å². The first-order chi connectivity index (χ1) is 23.8. The number of hydrogen-bond donors (Lipinski definition) is 3. The second kappa shape index (κ2) is 15.7. The third-order valence-corrected chi connectivity index (χ3v) is 9.10. The molecule has 5 aromatic rings. The van der Waals surface area contributed by atoms with Gasteiger partial charge in [0.2, 0.25) is 11.9 Å². The normalized spacial score (nSPS) is 16.7. The van der Waals surface area contributed by atoms with Gasteiger partial charge in [-0.2, -0.15) is 19.6 Å². The molecule has 6 rings (SSSR count). The maximum atomic E-state index is 12.6. The SMILES string of the molecule is CO[C@H]1CNCC[C@@H]1CNc1nc(NCc2ccccc2-c2nccc3cc(CC(=O)/C=C/CN(C)C)ccc23)n2ncc(C(C)C)c2n1. The van der Waals surface area contributed by atoms with Crippen molar-refractivity contribution in [3.8, 4) is 11.3 Å². The second-order valence-electron chi connectivity index (χ2n) is 13.3. The molecule has 0 saturated carbocycles. The quantitative estimate of drug-likeness (QED) is 0.135. The lowest BCUT2D eigenvalue weighted by Gasteiger charge is -2.31. The van der Waals surface area contributed by atoms with E-state index in [1.54, 1.807) is 17.7 Å². The van der Waals surface area contributed by atoms with Crippen LogP contribution in [0.4, 0.5) is 11.9 Å². The molecule has 1 saturated heterocycles. The molecule has 2 aromatic carbocycles. The number of allylic oxidation sites excluding steroid dienone is 1. The van der Waals surface area contributed by atoms with Crippen molar-refractivity contribution < 1.29 is 9.53 Å². The van der Waals surface area contributed by atoms with Gasteiger partial charge < -0.3 is 25.6 Å². The molecule has 2 atom stereocenters. The maximum Gasteiger partial charge on any atom is 0.229 e. The summed E-state index contributed by atoms with van der Waals surface area (Å²) in [6.45, 7) is 8.07. The van der Waals surface area contributed by atoms with E-state index in [0.29, 0.717) is 30.8 Å². The van der Waals surface area contributed by atoms with Crippen LogP contribution in [0, 0.1) is 5.92 Å². The maximum absolute atomic E-state index is 12.6. The number of pyridine rings is 1. The zero-order valence-corrected chi connectivity index (χ0v) is 29.1. The first-order valence-corrected chi connectivity index (χ1v) is 17.1. The Kier molecular flexibility index (Phi) is 10.9. The van der Waals surface area contributed by atoms with Crippen LogP contribution in [0.15, 0.2) is 73.1 Å². The van der Waals surface area contributed by atoms with Crippen molar-refractivity contribution in [2.24, 2.45) is 5.92 Å². The van der Waals surface area contributed by atoms with Crippen molar-refractivity contribution in [2.75, 3.05) is 58.0 Å². The summed E-state index contributed by atoms with van der Waals surface area (Å²) >= 11 is 0. The highest BCUT2D eigenvalue weighted by Crippen LogP contribution is 2.31. The van der Waals surface area contributed by atoms with Gasteiger partial charge in [0.1, 0.15) is 0 Å². The Morgan fingerprint density at radius 3 is 2.82 bits per heavy atom. The summed E-state index contributed by atoms with van der Waals surface area (Å²) in [6.07, 6.45) is 8.83. The third kappa shape index (κ3) is 8.13. The predicted molar refractivity (Wildman–Crippen MR) is 196 cm³/mol. The van der Waals surface area contributed by atoms with Crippen molar-refractivity contribution >= 4 is 34.1 Å². The second-order valence-corrected chi connectivity index (χ2v) is 13.3. The summed E-state index contributed by atoms with van der Waals surface area (Å²) in [5.41, 5.74) is 5.83. The number of anilines is 2. The summed E-state index contributed by atoms with van der Waals surface area (Å²) in [5.74, 6) is 1.89. The topological polar surface area (TPSA) is 122 Å². The summed E-state index contributed by atoms with van der Waals surface area (Å²) in [5, 5.41) is 17.2. The number of ketones is 1. The van der Waals surface area contributed by atoms with Crippen LogP contribution in [-0.2, 0) is 22.5 Å². The minimum atomic E-state index is 0.0900. The summed E-state index contributed by atoms with van der Waals surface area (Å²) in [7, 11) is 5.74. The Bertz CT molecular complexity index is 1930. The van der Waals surface area contributed by atoms with E-state index in [-0.39, 0.29) is 17.8 Å². The number of aromatic nitrogens is 5. The van der Waals surface area contributed by atoms with Crippen LogP contribution < -0.4 is 16.0 Å². The van der Waals surface area contributed by atoms with Crippen LogP contribution in [0.3, 0.4) is 0 Å². The number of fused-ring (bicyclic) bond motifs is 2. The van der Waals surface area contributed by atoms with E-state index in [4.69, 9.17) is 19.7 Å². The molecular weight excluding hydrogens is 614 g/mol. The standard InChI is InChI=1S/C38H47N9O2/c1-25(2)33-23-43-47-36(33)44-37(41-22-29-14-16-39-24-34(29)49-5)45-38(47)42-21-28-9-6-7-11-31(28)35-32-13-12-26(19-27(32)15-17-40-35)20-30(48)10-8-18-46(3)4/h6-13,15,17,19,23,25,29,34,39H,14,16,18,20-22,24H2,1-5H3,(H2,41,42,44,45)/b10-8+/t29-,34+/m1/s1. The Balaban J connectivity index is 1.25. The molecule has 11 nitrogen and oxygen atoms in total. The largest absolute Gasteiger partial charge is 0.380 e. The van der Waals surface area contributed by atoms with E-state index in [1.807, 2.05) is 61.7 Å². The highest BCUT2D eigenvalue weighted by Gasteiger charge is 2.25. The van der Waals surface area contributed by atoms with Crippen LogP contribution >= 0.6 is 0 Å². The Hall–Kier alpha value is -4.71. The van der Waals surface area contributed by atoms with Gasteiger partial charge in [-0.05, 0) is 61.6 Å². The molecule has 0 spiro atoms. The summed E-state index contributed by atoms with van der Waals surface area (Å²) in [6, 6.07) is 16.5. The van der Waals surface area contributed by atoms with Crippen LogP contribution in [0.25, 0.3) is 27.7 Å². The molecule has 1 aliphatic rings. The van der Waals surface area contributed by atoms with Gasteiger partial charge in [0.15, 0.2) is 11.4 Å². The smallest absolute Gasteiger partial charge is 0.229 e. The van der Waals surface area contributed by atoms with Gasteiger partial charge in [-0.3, -0.25) is 9.78 Å². The number of rotatable bonds is 14. The van der Waals surface area contributed by atoms with Crippen LogP contribution in [0.2, 0.25) is 0 Å². The van der Waals surface area contributed by atoms with Gasteiger partial charge in [-0.1, -0.05) is 62.4 Å².